The molecule has 1 saturated heterocycles. The van der Waals surface area contributed by atoms with Crippen molar-refractivity contribution in [3.05, 3.63) is 59.7 Å². The number of nitrogens with one attached hydrogen (secondary N) is 2. The summed E-state index contributed by atoms with van der Waals surface area (Å²) in [6.07, 6.45) is 2.40. The normalized spacial score (nSPS) is 18.3. The molecule has 2 aromatic carbocycles. The van der Waals surface area contributed by atoms with Crippen LogP contribution in [-0.4, -0.2) is 56.7 Å². The van der Waals surface area contributed by atoms with Crippen LogP contribution in [0.3, 0.4) is 0 Å². The first-order valence-corrected chi connectivity index (χ1v) is 11.3. The lowest BCUT2D eigenvalue weighted by atomic mass is 10.0. The molecule has 2 aromatic rings. The summed E-state index contributed by atoms with van der Waals surface area (Å²) in [6, 6.07) is 16.1. The summed E-state index contributed by atoms with van der Waals surface area (Å²) < 4.78 is 11.8. The lowest BCUT2D eigenvalue weighted by Gasteiger charge is -2.22. The first kappa shape index (κ1) is 22.1. The van der Waals surface area contributed by atoms with Crippen molar-refractivity contribution in [2.24, 2.45) is 10.9 Å². The first-order valence-electron chi connectivity index (χ1n) is 11.3. The predicted octanol–water partition coefficient (Wildman–Crippen LogP) is 3.06. The molecule has 0 bridgehead atoms. The second kappa shape index (κ2) is 11.0. The Labute approximate surface area is 189 Å². The number of carbonyl (C=O) groups is 1. The van der Waals surface area contributed by atoms with Crippen molar-refractivity contribution in [3.8, 4) is 5.75 Å². The molecule has 1 fully saturated rings. The minimum atomic E-state index is 0.0775. The van der Waals surface area contributed by atoms with Crippen molar-refractivity contribution in [1.29, 1.82) is 0 Å². The Balaban J connectivity index is 1.16. The van der Waals surface area contributed by atoms with Gasteiger partial charge < -0.3 is 25.0 Å². The van der Waals surface area contributed by atoms with Crippen LogP contribution >= 0.6 is 0 Å². The fraction of sp³-hybridized carbons (Fsp3) is 0.440. The molecule has 1 amide bonds. The van der Waals surface area contributed by atoms with E-state index >= 15 is 0 Å². The van der Waals surface area contributed by atoms with Crippen LogP contribution in [0.5, 0.6) is 5.75 Å². The summed E-state index contributed by atoms with van der Waals surface area (Å²) in [5, 5.41) is 6.30. The van der Waals surface area contributed by atoms with E-state index in [-0.39, 0.29) is 5.91 Å². The van der Waals surface area contributed by atoms with Crippen LogP contribution in [0.25, 0.3) is 0 Å². The van der Waals surface area contributed by atoms with Crippen molar-refractivity contribution in [3.63, 3.8) is 0 Å². The van der Waals surface area contributed by atoms with E-state index in [4.69, 9.17) is 9.47 Å². The van der Waals surface area contributed by atoms with Gasteiger partial charge in [0.25, 0.3) is 0 Å². The maximum absolute atomic E-state index is 11.5. The molecular formula is C25H32N4O3. The maximum Gasteiger partial charge on any atom is 0.224 e. The molecule has 2 N–H and O–H groups in total. The zero-order valence-corrected chi connectivity index (χ0v) is 18.7. The van der Waals surface area contributed by atoms with Crippen LogP contribution < -0.4 is 15.4 Å². The van der Waals surface area contributed by atoms with E-state index in [1.807, 2.05) is 43.4 Å². The molecule has 0 radical (unpaired) electrons. The fourth-order valence-corrected chi connectivity index (χ4v) is 4.19. The quantitative estimate of drug-likeness (QED) is 0.378. The highest BCUT2D eigenvalue weighted by atomic mass is 16.5. The highest BCUT2D eigenvalue weighted by Crippen LogP contribution is 2.26. The maximum atomic E-state index is 11.5. The molecule has 0 aromatic heterocycles. The molecule has 7 nitrogen and oxygen atoms in total. The number of aliphatic imine (C=N–C) groups is 1. The standard InChI is InChI=1S/C25H32N4O3/c1-26-25(29-13-11-20(16-29)18-31-17-19-5-3-2-4-6-19)27-12-14-32-22-8-9-23-21(15-22)7-10-24(30)28-23/h2-6,8-9,15,20H,7,10-14,16-18H2,1H3,(H,26,27)(H,28,30). The molecule has 2 aliphatic rings. The monoisotopic (exact) mass is 436 g/mol. The summed E-state index contributed by atoms with van der Waals surface area (Å²) in [5.41, 5.74) is 3.23. The number of aryl methyl sites for hydroxylation is 1. The van der Waals surface area contributed by atoms with Gasteiger partial charge in [-0.2, -0.15) is 0 Å². The van der Waals surface area contributed by atoms with Gasteiger partial charge in [-0.1, -0.05) is 30.3 Å². The summed E-state index contributed by atoms with van der Waals surface area (Å²) >= 11 is 0. The number of guanidine groups is 1. The number of ether oxygens (including phenoxy) is 2. The van der Waals surface area contributed by atoms with Gasteiger partial charge in [0.15, 0.2) is 5.96 Å². The van der Waals surface area contributed by atoms with Gasteiger partial charge in [-0.3, -0.25) is 9.79 Å². The van der Waals surface area contributed by atoms with Gasteiger partial charge in [0.1, 0.15) is 12.4 Å². The number of carbonyl (C=O) groups excluding carboxylic acids is 1. The third-order valence-corrected chi connectivity index (χ3v) is 5.89. The number of hydrogen-bond acceptors (Lipinski definition) is 4. The Hall–Kier alpha value is -3.06. The SMILES string of the molecule is CN=C(NCCOc1ccc2c(c1)CCC(=O)N2)N1CCC(COCc2ccccc2)C1. The van der Waals surface area contributed by atoms with E-state index in [9.17, 15) is 4.79 Å². The Morgan fingerprint density at radius 3 is 2.94 bits per heavy atom. The zero-order chi connectivity index (χ0) is 22.2. The molecule has 170 valence electrons. The van der Waals surface area contributed by atoms with Gasteiger partial charge in [0.05, 0.1) is 19.8 Å². The molecule has 32 heavy (non-hydrogen) atoms. The van der Waals surface area contributed by atoms with E-state index in [1.165, 1.54) is 5.56 Å². The number of hydrogen-bond donors (Lipinski definition) is 2. The van der Waals surface area contributed by atoms with Gasteiger partial charge in [-0.25, -0.2) is 0 Å². The number of benzene rings is 2. The predicted molar refractivity (Wildman–Crippen MR) is 126 cm³/mol. The van der Waals surface area contributed by atoms with Crippen LogP contribution in [0.4, 0.5) is 5.69 Å². The van der Waals surface area contributed by atoms with Crippen LogP contribution in [0.1, 0.15) is 24.0 Å². The highest BCUT2D eigenvalue weighted by Gasteiger charge is 2.25. The van der Waals surface area contributed by atoms with Crippen molar-refractivity contribution >= 4 is 17.6 Å². The first-order chi connectivity index (χ1) is 15.7. The lowest BCUT2D eigenvalue weighted by molar-refractivity contribution is -0.116. The van der Waals surface area contributed by atoms with E-state index in [1.54, 1.807) is 0 Å². The summed E-state index contributed by atoms with van der Waals surface area (Å²) in [5.74, 6) is 2.33. The van der Waals surface area contributed by atoms with Crippen LogP contribution in [0.2, 0.25) is 0 Å². The fourth-order valence-electron chi connectivity index (χ4n) is 4.19. The summed E-state index contributed by atoms with van der Waals surface area (Å²) in [6.45, 7) is 4.58. The molecule has 2 heterocycles. The lowest BCUT2D eigenvalue weighted by Crippen LogP contribution is -2.41. The third kappa shape index (κ3) is 6.01. The molecule has 1 unspecified atom stereocenters. The van der Waals surface area contributed by atoms with Gasteiger partial charge in [0, 0.05) is 38.2 Å². The van der Waals surface area contributed by atoms with Crippen LogP contribution in [-0.2, 0) is 22.6 Å². The third-order valence-electron chi connectivity index (χ3n) is 5.89. The largest absolute Gasteiger partial charge is 0.492 e. The van der Waals surface area contributed by atoms with E-state index in [2.05, 4.69) is 32.7 Å². The highest BCUT2D eigenvalue weighted by molar-refractivity contribution is 5.94. The number of likely N-dealkylation sites (tertiary alicyclic amines) is 1. The van der Waals surface area contributed by atoms with Gasteiger partial charge >= 0.3 is 0 Å². The molecular weight excluding hydrogens is 404 g/mol. The summed E-state index contributed by atoms with van der Waals surface area (Å²) in [4.78, 5) is 18.2. The molecule has 0 saturated carbocycles. The average molecular weight is 437 g/mol. The van der Waals surface area contributed by atoms with E-state index in [0.29, 0.717) is 32.1 Å². The average Bonchev–Trinajstić information content (AvgIpc) is 3.28. The topological polar surface area (TPSA) is 75.2 Å². The zero-order valence-electron chi connectivity index (χ0n) is 18.7. The number of rotatable bonds is 8. The number of fused-ring (bicyclic) bond motifs is 1. The Kier molecular flexibility index (Phi) is 7.61. The minimum Gasteiger partial charge on any atom is -0.492 e. The second-order valence-corrected chi connectivity index (χ2v) is 8.29. The van der Waals surface area contributed by atoms with Gasteiger partial charge in [-0.05, 0) is 42.2 Å². The molecule has 1 atom stereocenters. The molecule has 0 aliphatic carbocycles. The minimum absolute atomic E-state index is 0.0775. The van der Waals surface area contributed by atoms with Crippen molar-refractivity contribution in [1.82, 2.24) is 10.2 Å². The van der Waals surface area contributed by atoms with Crippen LogP contribution in [0.15, 0.2) is 53.5 Å². The molecule has 7 heteroatoms. The molecule has 0 spiro atoms. The van der Waals surface area contributed by atoms with Crippen molar-refractivity contribution in [2.75, 3.05) is 45.2 Å². The van der Waals surface area contributed by atoms with Gasteiger partial charge in [-0.15, -0.1) is 0 Å². The Bertz CT molecular complexity index is 932. The smallest absolute Gasteiger partial charge is 0.224 e. The Morgan fingerprint density at radius 2 is 2.09 bits per heavy atom. The summed E-state index contributed by atoms with van der Waals surface area (Å²) in [7, 11) is 1.82. The van der Waals surface area contributed by atoms with E-state index in [0.717, 1.165) is 55.5 Å². The molecule has 4 rings (SSSR count). The van der Waals surface area contributed by atoms with Crippen molar-refractivity contribution in [2.45, 2.75) is 25.9 Å². The molecule has 2 aliphatic heterocycles. The Morgan fingerprint density at radius 1 is 1.22 bits per heavy atom. The van der Waals surface area contributed by atoms with E-state index < -0.39 is 0 Å². The number of anilines is 1. The van der Waals surface area contributed by atoms with Crippen LogP contribution in [0, 0.1) is 5.92 Å². The van der Waals surface area contributed by atoms with Crippen molar-refractivity contribution < 1.29 is 14.3 Å². The second-order valence-electron chi connectivity index (χ2n) is 8.29. The van der Waals surface area contributed by atoms with Gasteiger partial charge in [0.2, 0.25) is 5.91 Å². The number of amides is 1. The number of nitrogens with zero attached hydrogens (tertiary/aromatic N) is 2.